The largest absolute Gasteiger partial charge is 0.233 e. The zero-order valence-corrected chi connectivity index (χ0v) is 8.27. The molecule has 0 aliphatic rings. The van der Waals surface area contributed by atoms with Crippen LogP contribution in [0.25, 0.3) is 0 Å². The van der Waals surface area contributed by atoms with Crippen LogP contribution in [0.1, 0.15) is 34.1 Å². The predicted octanol–water partition coefficient (Wildman–Crippen LogP) is 3.07. The molecule has 0 fully saturated rings. The van der Waals surface area contributed by atoms with E-state index < -0.39 is 0 Å². The lowest BCUT2D eigenvalue weighted by Crippen LogP contribution is -1.87. The molecule has 0 rings (SSSR count). The maximum Gasteiger partial charge on any atom is 0.128 e. The molecule has 0 spiro atoms. The summed E-state index contributed by atoms with van der Waals surface area (Å²) in [5.41, 5.74) is 2.94. The van der Waals surface area contributed by atoms with Crippen LogP contribution in [0.3, 0.4) is 0 Å². The van der Waals surface area contributed by atoms with E-state index in [1.165, 1.54) is 5.57 Å². The van der Waals surface area contributed by atoms with E-state index >= 15 is 0 Å². The summed E-state index contributed by atoms with van der Waals surface area (Å²) >= 11 is 0. The highest BCUT2D eigenvalue weighted by molar-refractivity contribution is 5.63. The van der Waals surface area contributed by atoms with Crippen molar-refractivity contribution in [2.45, 2.75) is 34.1 Å². The molecule has 0 aromatic carbocycles. The third kappa shape index (κ3) is 2.89. The van der Waals surface area contributed by atoms with Crippen LogP contribution < -0.4 is 0 Å². The third-order valence-electron chi connectivity index (χ3n) is 1.88. The Balaban J connectivity index is 5.04. The molecule has 12 heavy (non-hydrogen) atoms. The molecule has 0 aliphatic heterocycles. The van der Waals surface area contributed by atoms with Crippen molar-refractivity contribution in [2.24, 2.45) is 0 Å². The zero-order chi connectivity index (χ0) is 9.56. The van der Waals surface area contributed by atoms with E-state index in [1.807, 2.05) is 31.9 Å². The topological polar surface area (TPSA) is 17.1 Å². The van der Waals surface area contributed by atoms with Crippen molar-refractivity contribution in [2.75, 3.05) is 0 Å². The van der Waals surface area contributed by atoms with Crippen molar-refractivity contribution in [3.05, 3.63) is 28.9 Å². The Bertz CT molecular complexity index is 250. The molecule has 0 aromatic heterocycles. The average Bonchev–Trinajstić information content (AvgIpc) is 2.11. The van der Waals surface area contributed by atoms with E-state index in [0.29, 0.717) is 5.57 Å². The van der Waals surface area contributed by atoms with Crippen LogP contribution >= 0.6 is 0 Å². The van der Waals surface area contributed by atoms with Crippen molar-refractivity contribution in [1.29, 1.82) is 0 Å². The lowest BCUT2D eigenvalue weighted by atomic mass is 10.0. The second-order valence-corrected chi connectivity index (χ2v) is 2.77. The minimum absolute atomic E-state index is 0.687. The molecule has 0 radical (unpaired) electrons. The first kappa shape index (κ1) is 10.9. The normalized spacial score (nSPS) is 12.7. The molecule has 1 heteroatoms. The number of carbonyl (C=O) groups excluding carboxylic acids is 1. The molecule has 0 atom stereocenters. The van der Waals surface area contributed by atoms with Gasteiger partial charge in [0.1, 0.15) is 5.94 Å². The number of hydrogen-bond donors (Lipinski definition) is 0. The van der Waals surface area contributed by atoms with Gasteiger partial charge in [-0.2, -0.15) is 0 Å². The number of hydrogen-bond acceptors (Lipinski definition) is 1. The summed E-state index contributed by atoms with van der Waals surface area (Å²) in [6, 6.07) is 0. The first-order valence-corrected chi connectivity index (χ1v) is 4.21. The maximum absolute atomic E-state index is 10.4. The van der Waals surface area contributed by atoms with Crippen LogP contribution in [0, 0.1) is 0 Å². The van der Waals surface area contributed by atoms with Gasteiger partial charge in [-0.05, 0) is 32.8 Å². The second kappa shape index (κ2) is 5.56. The summed E-state index contributed by atoms with van der Waals surface area (Å²) < 4.78 is 0. The van der Waals surface area contributed by atoms with Crippen molar-refractivity contribution < 1.29 is 4.79 Å². The van der Waals surface area contributed by atoms with Crippen molar-refractivity contribution in [1.82, 2.24) is 0 Å². The Morgan fingerprint density at radius 3 is 2.33 bits per heavy atom. The van der Waals surface area contributed by atoms with Crippen LogP contribution in [0.15, 0.2) is 28.9 Å². The van der Waals surface area contributed by atoms with Gasteiger partial charge in [0.05, 0.1) is 0 Å². The molecule has 0 bridgehead atoms. The van der Waals surface area contributed by atoms with E-state index in [9.17, 15) is 4.79 Å². The van der Waals surface area contributed by atoms with Crippen molar-refractivity contribution in [3.8, 4) is 0 Å². The van der Waals surface area contributed by atoms with E-state index in [2.05, 4.69) is 6.92 Å². The molecule has 0 amide bonds. The molecule has 0 aromatic rings. The van der Waals surface area contributed by atoms with Gasteiger partial charge in [0, 0.05) is 5.57 Å². The standard InChI is InChI=1S/C11H16O/c1-5-7-11(9(3)6-2)10(4)8-12/h5,7H,6H2,1-4H3/b7-5-,11-9+. The van der Waals surface area contributed by atoms with E-state index in [1.54, 1.807) is 6.92 Å². The number of allylic oxidation sites excluding steroid dienone is 5. The fourth-order valence-electron chi connectivity index (χ4n) is 0.999. The van der Waals surface area contributed by atoms with Gasteiger partial charge in [0.2, 0.25) is 0 Å². The molecule has 0 N–H and O–H groups in total. The van der Waals surface area contributed by atoms with Gasteiger partial charge >= 0.3 is 0 Å². The summed E-state index contributed by atoms with van der Waals surface area (Å²) in [6.07, 6.45) is 4.87. The van der Waals surface area contributed by atoms with Crippen LogP contribution in [-0.4, -0.2) is 5.94 Å². The summed E-state index contributed by atoms with van der Waals surface area (Å²) in [7, 11) is 0. The SMILES string of the molecule is C/C=C\C(C(C)=C=O)=C(\C)CC. The first-order valence-electron chi connectivity index (χ1n) is 4.21. The van der Waals surface area contributed by atoms with Gasteiger partial charge in [-0.15, -0.1) is 0 Å². The molecule has 1 nitrogen and oxygen atoms in total. The summed E-state index contributed by atoms with van der Waals surface area (Å²) in [4.78, 5) is 10.4. The molecular weight excluding hydrogens is 148 g/mol. The zero-order valence-electron chi connectivity index (χ0n) is 8.27. The van der Waals surface area contributed by atoms with Gasteiger partial charge < -0.3 is 0 Å². The quantitative estimate of drug-likeness (QED) is 0.463. The molecule has 0 saturated carbocycles. The van der Waals surface area contributed by atoms with E-state index in [4.69, 9.17) is 0 Å². The molecule has 66 valence electrons. The van der Waals surface area contributed by atoms with Crippen molar-refractivity contribution in [3.63, 3.8) is 0 Å². The van der Waals surface area contributed by atoms with Crippen LogP contribution in [0.4, 0.5) is 0 Å². The summed E-state index contributed by atoms with van der Waals surface area (Å²) in [6.45, 7) is 7.86. The Morgan fingerprint density at radius 2 is 2.00 bits per heavy atom. The van der Waals surface area contributed by atoms with Gasteiger partial charge in [-0.3, -0.25) is 0 Å². The highest BCUT2D eigenvalue weighted by Gasteiger charge is 1.99. The Labute approximate surface area is 74.5 Å². The average molecular weight is 164 g/mol. The summed E-state index contributed by atoms with van der Waals surface area (Å²) in [5, 5.41) is 0. The highest BCUT2D eigenvalue weighted by Crippen LogP contribution is 2.15. The lowest BCUT2D eigenvalue weighted by Gasteiger charge is -2.03. The predicted molar refractivity (Wildman–Crippen MR) is 52.7 cm³/mol. The van der Waals surface area contributed by atoms with Crippen molar-refractivity contribution >= 4 is 5.94 Å². The summed E-state index contributed by atoms with van der Waals surface area (Å²) in [5.74, 6) is 1.92. The van der Waals surface area contributed by atoms with Crippen LogP contribution in [0.5, 0.6) is 0 Å². The molecular formula is C11H16O. The Kier molecular flexibility index (Phi) is 5.07. The van der Waals surface area contributed by atoms with E-state index in [-0.39, 0.29) is 0 Å². The second-order valence-electron chi connectivity index (χ2n) is 2.77. The van der Waals surface area contributed by atoms with Gasteiger partial charge in [-0.1, -0.05) is 24.6 Å². The monoisotopic (exact) mass is 164 g/mol. The van der Waals surface area contributed by atoms with E-state index in [0.717, 1.165) is 12.0 Å². The third-order valence-corrected chi connectivity index (χ3v) is 1.88. The van der Waals surface area contributed by atoms with Gasteiger partial charge in [0.25, 0.3) is 0 Å². The van der Waals surface area contributed by atoms with Gasteiger partial charge in [-0.25, -0.2) is 4.79 Å². The fraction of sp³-hybridized carbons (Fsp3) is 0.455. The molecule has 0 saturated heterocycles. The maximum atomic E-state index is 10.4. The highest BCUT2D eigenvalue weighted by atomic mass is 16.1. The fourth-order valence-corrected chi connectivity index (χ4v) is 0.999. The Hall–Kier alpha value is -1.07. The minimum Gasteiger partial charge on any atom is -0.233 e. The lowest BCUT2D eigenvalue weighted by molar-refractivity contribution is 0.567. The van der Waals surface area contributed by atoms with Crippen LogP contribution in [-0.2, 0) is 4.79 Å². The molecule has 0 unspecified atom stereocenters. The van der Waals surface area contributed by atoms with Crippen LogP contribution in [0.2, 0.25) is 0 Å². The smallest absolute Gasteiger partial charge is 0.128 e. The Morgan fingerprint density at radius 1 is 1.42 bits per heavy atom. The molecule has 0 heterocycles. The first-order chi connectivity index (χ1) is 5.67. The molecule has 0 aliphatic carbocycles. The van der Waals surface area contributed by atoms with Gasteiger partial charge in [0.15, 0.2) is 0 Å². The minimum atomic E-state index is 0.687. The number of rotatable bonds is 3.